The van der Waals surface area contributed by atoms with Crippen LogP contribution in [-0.2, 0) is 0 Å². The highest BCUT2D eigenvalue weighted by molar-refractivity contribution is 5.17. The van der Waals surface area contributed by atoms with E-state index in [1.165, 1.54) is 31.3 Å². The molecule has 68 valence electrons. The van der Waals surface area contributed by atoms with Crippen LogP contribution in [0.3, 0.4) is 0 Å². The van der Waals surface area contributed by atoms with Crippen molar-refractivity contribution in [1.29, 1.82) is 0 Å². The second-order valence-electron chi connectivity index (χ2n) is 3.06. The van der Waals surface area contributed by atoms with E-state index < -0.39 is 0 Å². The lowest BCUT2D eigenvalue weighted by Gasteiger charge is -1.98. The molecule has 0 aromatic rings. The Balaban J connectivity index is 3.31. The number of allylic oxidation sites excluding steroid dienone is 4. The van der Waals surface area contributed by atoms with E-state index in [4.69, 9.17) is 0 Å². The topological polar surface area (TPSA) is 0 Å². The highest BCUT2D eigenvalue weighted by Crippen LogP contribution is 2.09. The van der Waals surface area contributed by atoms with E-state index in [1.807, 2.05) is 12.2 Å². The van der Waals surface area contributed by atoms with Gasteiger partial charge < -0.3 is 0 Å². The second-order valence-corrected chi connectivity index (χ2v) is 3.06. The Morgan fingerprint density at radius 3 is 2.58 bits per heavy atom. The minimum absolute atomic E-state index is 1.13. The molecule has 0 heterocycles. The lowest BCUT2D eigenvalue weighted by atomic mass is 10.1. The molecule has 0 saturated carbocycles. The van der Waals surface area contributed by atoms with E-state index in [0.29, 0.717) is 0 Å². The maximum absolute atomic E-state index is 3.96. The average Bonchev–Trinajstić information content (AvgIpc) is 2.09. The van der Waals surface area contributed by atoms with Gasteiger partial charge in [0.15, 0.2) is 0 Å². The highest BCUT2D eigenvalue weighted by atomic mass is 13.9. The maximum Gasteiger partial charge on any atom is -0.0285 e. The average molecular weight is 164 g/mol. The van der Waals surface area contributed by atoms with Gasteiger partial charge in [0.25, 0.3) is 0 Å². The summed E-state index contributed by atoms with van der Waals surface area (Å²) < 4.78 is 0. The van der Waals surface area contributed by atoms with Crippen LogP contribution in [0.25, 0.3) is 0 Å². The molecule has 0 rings (SSSR count). The standard InChI is InChI=1S/C12H20/c1-4-6-8-9-11-12(3)10-7-5-2/h5,7,10H,2-4,6,8-9,11H2,1H3/b10-7-. The maximum atomic E-state index is 3.96. The predicted octanol–water partition coefficient (Wildman–Crippen LogP) is 4.26. The number of unbranched alkanes of at least 4 members (excludes halogenated alkanes) is 3. The SMILES string of the molecule is C=C/C=C\C(=C)CCCCCC. The first-order valence-corrected chi connectivity index (χ1v) is 4.78. The third-order valence-electron chi connectivity index (χ3n) is 1.82. The fraction of sp³-hybridized carbons (Fsp3) is 0.500. The molecule has 0 nitrogen and oxygen atoms in total. The molecule has 0 aromatic carbocycles. The fourth-order valence-electron chi connectivity index (χ4n) is 1.07. The summed E-state index contributed by atoms with van der Waals surface area (Å²) in [7, 11) is 0. The van der Waals surface area contributed by atoms with Crippen molar-refractivity contribution in [2.24, 2.45) is 0 Å². The number of hydrogen-bond donors (Lipinski definition) is 0. The van der Waals surface area contributed by atoms with Crippen LogP contribution in [0.5, 0.6) is 0 Å². The first kappa shape index (κ1) is 11.2. The zero-order valence-corrected chi connectivity index (χ0v) is 8.18. The van der Waals surface area contributed by atoms with Gasteiger partial charge in [-0.1, -0.05) is 63.1 Å². The smallest absolute Gasteiger partial charge is 0.0285 e. The molecule has 0 bridgehead atoms. The van der Waals surface area contributed by atoms with Gasteiger partial charge in [0.1, 0.15) is 0 Å². The van der Waals surface area contributed by atoms with Gasteiger partial charge in [0.2, 0.25) is 0 Å². The lowest BCUT2D eigenvalue weighted by Crippen LogP contribution is -1.78. The van der Waals surface area contributed by atoms with Crippen LogP contribution in [0.2, 0.25) is 0 Å². The van der Waals surface area contributed by atoms with Crippen molar-refractivity contribution in [2.45, 2.75) is 39.0 Å². The Morgan fingerprint density at radius 2 is 2.00 bits per heavy atom. The molecule has 0 amide bonds. The fourth-order valence-corrected chi connectivity index (χ4v) is 1.07. The summed E-state index contributed by atoms with van der Waals surface area (Å²) in [5.41, 5.74) is 1.21. The van der Waals surface area contributed by atoms with Crippen molar-refractivity contribution < 1.29 is 0 Å². The molecule has 0 radical (unpaired) electrons. The van der Waals surface area contributed by atoms with E-state index in [9.17, 15) is 0 Å². The normalized spacial score (nSPS) is 10.4. The lowest BCUT2D eigenvalue weighted by molar-refractivity contribution is 0.668. The van der Waals surface area contributed by atoms with E-state index >= 15 is 0 Å². The summed E-state index contributed by atoms with van der Waals surface area (Å²) in [6.45, 7) is 9.80. The molecule has 0 fully saturated rings. The van der Waals surface area contributed by atoms with Crippen LogP contribution < -0.4 is 0 Å². The summed E-state index contributed by atoms with van der Waals surface area (Å²) in [5, 5.41) is 0. The molecule has 0 spiro atoms. The zero-order valence-electron chi connectivity index (χ0n) is 8.18. The second kappa shape index (κ2) is 8.32. The molecular formula is C12H20. The van der Waals surface area contributed by atoms with Gasteiger partial charge in [0.05, 0.1) is 0 Å². The largest absolute Gasteiger partial charge is 0.0991 e. The monoisotopic (exact) mass is 164 g/mol. The molecule has 0 aliphatic carbocycles. The van der Waals surface area contributed by atoms with Gasteiger partial charge in [-0.15, -0.1) is 0 Å². The summed E-state index contributed by atoms with van der Waals surface area (Å²) in [4.78, 5) is 0. The van der Waals surface area contributed by atoms with Crippen LogP contribution >= 0.6 is 0 Å². The van der Waals surface area contributed by atoms with Crippen LogP contribution in [0.4, 0.5) is 0 Å². The van der Waals surface area contributed by atoms with Gasteiger partial charge in [-0.3, -0.25) is 0 Å². The molecule has 0 saturated heterocycles. The molecule has 12 heavy (non-hydrogen) atoms. The zero-order chi connectivity index (χ0) is 9.23. The molecule has 0 aromatic heterocycles. The first-order chi connectivity index (χ1) is 5.81. The van der Waals surface area contributed by atoms with Gasteiger partial charge in [-0.05, 0) is 12.8 Å². The van der Waals surface area contributed by atoms with E-state index in [0.717, 1.165) is 6.42 Å². The van der Waals surface area contributed by atoms with Crippen LogP contribution in [0, 0.1) is 0 Å². The van der Waals surface area contributed by atoms with Crippen molar-refractivity contribution in [3.05, 3.63) is 37.0 Å². The molecule has 0 unspecified atom stereocenters. The van der Waals surface area contributed by atoms with Crippen LogP contribution in [0.15, 0.2) is 37.0 Å². The molecule has 0 heteroatoms. The van der Waals surface area contributed by atoms with E-state index in [-0.39, 0.29) is 0 Å². The number of rotatable bonds is 7. The Hall–Kier alpha value is -0.780. The molecular weight excluding hydrogens is 144 g/mol. The summed E-state index contributed by atoms with van der Waals surface area (Å²) in [6, 6.07) is 0. The summed E-state index contributed by atoms with van der Waals surface area (Å²) >= 11 is 0. The Morgan fingerprint density at radius 1 is 1.25 bits per heavy atom. The molecule has 0 atom stereocenters. The summed E-state index contributed by atoms with van der Waals surface area (Å²) in [5.74, 6) is 0. The minimum atomic E-state index is 1.13. The quantitative estimate of drug-likeness (QED) is 0.389. The predicted molar refractivity (Wildman–Crippen MR) is 57.2 cm³/mol. The van der Waals surface area contributed by atoms with Gasteiger partial charge in [-0.2, -0.15) is 0 Å². The van der Waals surface area contributed by atoms with Crippen molar-refractivity contribution >= 4 is 0 Å². The Labute approximate surface area is 76.7 Å². The van der Waals surface area contributed by atoms with Crippen LogP contribution in [-0.4, -0.2) is 0 Å². The highest BCUT2D eigenvalue weighted by Gasteiger charge is 1.89. The van der Waals surface area contributed by atoms with E-state index in [1.54, 1.807) is 6.08 Å². The summed E-state index contributed by atoms with van der Waals surface area (Å²) in [6.07, 6.45) is 12.2. The van der Waals surface area contributed by atoms with Gasteiger partial charge >= 0.3 is 0 Å². The van der Waals surface area contributed by atoms with Gasteiger partial charge in [-0.25, -0.2) is 0 Å². The molecule has 0 aliphatic heterocycles. The van der Waals surface area contributed by atoms with Crippen LogP contribution in [0.1, 0.15) is 39.0 Å². The Kier molecular flexibility index (Phi) is 7.78. The van der Waals surface area contributed by atoms with Crippen molar-refractivity contribution in [2.75, 3.05) is 0 Å². The third kappa shape index (κ3) is 7.33. The number of hydrogen-bond acceptors (Lipinski definition) is 0. The third-order valence-corrected chi connectivity index (χ3v) is 1.82. The van der Waals surface area contributed by atoms with E-state index in [2.05, 4.69) is 20.1 Å². The minimum Gasteiger partial charge on any atom is -0.0991 e. The van der Waals surface area contributed by atoms with Crippen molar-refractivity contribution in [3.8, 4) is 0 Å². The van der Waals surface area contributed by atoms with Crippen molar-refractivity contribution in [1.82, 2.24) is 0 Å². The Bertz CT molecular complexity index is 151. The molecule has 0 N–H and O–H groups in total. The first-order valence-electron chi connectivity index (χ1n) is 4.78. The van der Waals surface area contributed by atoms with Gasteiger partial charge in [0, 0.05) is 0 Å². The molecule has 0 aliphatic rings. The van der Waals surface area contributed by atoms with Crippen molar-refractivity contribution in [3.63, 3.8) is 0 Å².